The molecule has 6 heteroatoms. The van der Waals surface area contributed by atoms with Crippen molar-refractivity contribution in [2.24, 2.45) is 0 Å². The van der Waals surface area contributed by atoms with E-state index in [9.17, 15) is 5.26 Å². The van der Waals surface area contributed by atoms with Gasteiger partial charge in [0, 0.05) is 24.9 Å². The van der Waals surface area contributed by atoms with Gasteiger partial charge in [-0.05, 0) is 42.9 Å². The molecule has 0 radical (unpaired) electrons. The molecular formula is C25H22N4OS. The zero-order valence-electron chi connectivity index (χ0n) is 17.1. The summed E-state index contributed by atoms with van der Waals surface area (Å²) in [4.78, 5) is 11.6. The number of benzene rings is 2. The summed E-state index contributed by atoms with van der Waals surface area (Å²) >= 11 is 1.81. The average Bonchev–Trinajstić information content (AvgIpc) is 3.32. The largest absolute Gasteiger partial charge is 0.423 e. The molecule has 1 saturated carbocycles. The molecular weight excluding hydrogens is 404 g/mol. The second kappa shape index (κ2) is 7.51. The molecule has 5 nitrogen and oxygen atoms in total. The Morgan fingerprint density at radius 3 is 2.52 bits per heavy atom. The zero-order chi connectivity index (χ0) is 20.8. The second-order valence-electron chi connectivity index (χ2n) is 8.46. The molecule has 2 aliphatic rings. The van der Waals surface area contributed by atoms with E-state index in [1.165, 1.54) is 15.3 Å². The van der Waals surface area contributed by atoms with Crippen molar-refractivity contribution in [1.82, 2.24) is 9.97 Å². The SMILES string of the molecule is N#Cc1nc([C@@H]2C[C@@H]2c2ccccc2)oc1N1CCC(c2nc3ccccc3s2)CC1. The third-order valence-electron chi connectivity index (χ3n) is 6.51. The Balaban J connectivity index is 1.17. The van der Waals surface area contributed by atoms with Crippen LogP contribution in [0.25, 0.3) is 10.2 Å². The normalized spacial score (nSPS) is 21.3. The van der Waals surface area contributed by atoms with E-state index in [1.807, 2.05) is 12.1 Å². The van der Waals surface area contributed by atoms with Crippen LogP contribution in [0.1, 0.15) is 59.2 Å². The second-order valence-corrected chi connectivity index (χ2v) is 9.52. The number of fused-ring (bicyclic) bond motifs is 1. The first-order valence-corrected chi connectivity index (χ1v) is 11.7. The average molecular weight is 427 g/mol. The van der Waals surface area contributed by atoms with E-state index in [0.29, 0.717) is 29.3 Å². The number of thiazole rings is 1. The molecule has 2 atom stereocenters. The molecule has 2 fully saturated rings. The van der Waals surface area contributed by atoms with Crippen LogP contribution in [0.3, 0.4) is 0 Å². The number of oxazole rings is 1. The van der Waals surface area contributed by atoms with Gasteiger partial charge in [0.05, 0.1) is 15.2 Å². The van der Waals surface area contributed by atoms with Gasteiger partial charge in [-0.25, -0.2) is 9.97 Å². The summed E-state index contributed by atoms with van der Waals surface area (Å²) in [6.45, 7) is 1.72. The Labute approximate surface area is 185 Å². The molecule has 1 aliphatic carbocycles. The Morgan fingerprint density at radius 2 is 1.74 bits per heavy atom. The molecule has 3 heterocycles. The van der Waals surface area contributed by atoms with Crippen LogP contribution in [-0.4, -0.2) is 23.1 Å². The van der Waals surface area contributed by atoms with E-state index in [4.69, 9.17) is 9.40 Å². The van der Waals surface area contributed by atoms with Crippen molar-refractivity contribution in [1.29, 1.82) is 5.26 Å². The van der Waals surface area contributed by atoms with Crippen molar-refractivity contribution in [2.75, 3.05) is 18.0 Å². The van der Waals surface area contributed by atoms with Crippen molar-refractivity contribution in [3.8, 4) is 6.07 Å². The predicted molar refractivity (Wildman–Crippen MR) is 122 cm³/mol. The number of para-hydroxylation sites is 1. The van der Waals surface area contributed by atoms with Crippen molar-refractivity contribution in [3.05, 3.63) is 76.8 Å². The van der Waals surface area contributed by atoms with Gasteiger partial charge in [0.2, 0.25) is 17.5 Å². The monoisotopic (exact) mass is 426 g/mol. The first-order valence-electron chi connectivity index (χ1n) is 10.9. The topological polar surface area (TPSA) is 66.0 Å². The standard InChI is InChI=1S/C25H22N4OS/c26-15-21-25(30-23(27-21)19-14-18(19)16-6-2-1-3-7-16)29-12-10-17(11-13-29)24-28-20-8-4-5-9-22(20)31-24/h1-9,17-19H,10-14H2/t18-,19-/m1/s1. The van der Waals surface area contributed by atoms with Gasteiger partial charge in [-0.1, -0.05) is 42.5 Å². The predicted octanol–water partition coefficient (Wildman–Crippen LogP) is 5.81. The molecule has 31 heavy (non-hydrogen) atoms. The molecule has 2 aromatic carbocycles. The van der Waals surface area contributed by atoms with Crippen LogP contribution in [0, 0.1) is 11.3 Å². The van der Waals surface area contributed by atoms with Gasteiger partial charge in [-0.2, -0.15) is 5.26 Å². The van der Waals surface area contributed by atoms with E-state index in [2.05, 4.69) is 58.4 Å². The van der Waals surface area contributed by atoms with Gasteiger partial charge in [-0.15, -0.1) is 11.3 Å². The smallest absolute Gasteiger partial charge is 0.234 e. The summed E-state index contributed by atoms with van der Waals surface area (Å²) < 4.78 is 7.44. The fourth-order valence-electron chi connectivity index (χ4n) is 4.70. The fraction of sp³-hybridized carbons (Fsp3) is 0.320. The molecule has 4 aromatic rings. The van der Waals surface area contributed by atoms with Gasteiger partial charge in [0.25, 0.3) is 0 Å². The molecule has 0 spiro atoms. The molecule has 0 amide bonds. The number of anilines is 1. The van der Waals surface area contributed by atoms with E-state index >= 15 is 0 Å². The van der Waals surface area contributed by atoms with Gasteiger partial charge in [-0.3, -0.25) is 0 Å². The lowest BCUT2D eigenvalue weighted by molar-refractivity contribution is 0.443. The molecule has 6 rings (SSSR count). The van der Waals surface area contributed by atoms with Gasteiger partial charge >= 0.3 is 0 Å². The van der Waals surface area contributed by atoms with E-state index in [1.54, 1.807) is 11.3 Å². The van der Waals surface area contributed by atoms with Crippen LogP contribution >= 0.6 is 11.3 Å². The third-order valence-corrected chi connectivity index (χ3v) is 7.71. The molecule has 1 saturated heterocycles. The van der Waals surface area contributed by atoms with Crippen LogP contribution in [-0.2, 0) is 0 Å². The van der Waals surface area contributed by atoms with Crippen LogP contribution in [0.5, 0.6) is 0 Å². The summed E-state index contributed by atoms with van der Waals surface area (Å²) in [6.07, 6.45) is 3.06. The maximum Gasteiger partial charge on any atom is 0.234 e. The summed E-state index contributed by atoms with van der Waals surface area (Å²) in [6, 6.07) is 21.1. The highest BCUT2D eigenvalue weighted by atomic mass is 32.1. The summed E-state index contributed by atoms with van der Waals surface area (Å²) in [5, 5.41) is 10.9. The minimum absolute atomic E-state index is 0.281. The lowest BCUT2D eigenvalue weighted by Crippen LogP contribution is -2.33. The van der Waals surface area contributed by atoms with Crippen LogP contribution in [0.15, 0.2) is 59.0 Å². The van der Waals surface area contributed by atoms with Crippen LogP contribution < -0.4 is 4.90 Å². The highest BCUT2D eigenvalue weighted by Crippen LogP contribution is 2.55. The van der Waals surface area contributed by atoms with E-state index in [0.717, 1.165) is 37.9 Å². The quantitative estimate of drug-likeness (QED) is 0.412. The van der Waals surface area contributed by atoms with Crippen LogP contribution in [0.4, 0.5) is 5.88 Å². The summed E-state index contributed by atoms with van der Waals surface area (Å²) in [5.74, 6) is 2.56. The van der Waals surface area contributed by atoms with Gasteiger partial charge < -0.3 is 9.32 Å². The lowest BCUT2D eigenvalue weighted by atomic mass is 9.97. The molecule has 0 N–H and O–H groups in total. The van der Waals surface area contributed by atoms with Crippen molar-refractivity contribution >= 4 is 27.4 Å². The Hall–Kier alpha value is -3.17. The maximum atomic E-state index is 9.65. The number of hydrogen-bond donors (Lipinski definition) is 0. The fourth-order valence-corrected chi connectivity index (χ4v) is 5.84. The van der Waals surface area contributed by atoms with E-state index in [-0.39, 0.29) is 5.92 Å². The molecule has 2 aromatic heterocycles. The highest BCUT2D eigenvalue weighted by Gasteiger charge is 2.44. The number of aromatic nitrogens is 2. The highest BCUT2D eigenvalue weighted by molar-refractivity contribution is 7.18. The van der Waals surface area contributed by atoms with Gasteiger partial charge in [0.15, 0.2) is 0 Å². The molecule has 1 aliphatic heterocycles. The van der Waals surface area contributed by atoms with Crippen molar-refractivity contribution in [3.63, 3.8) is 0 Å². The number of nitriles is 1. The molecule has 0 unspecified atom stereocenters. The minimum atomic E-state index is 0.281. The van der Waals surface area contributed by atoms with E-state index < -0.39 is 0 Å². The Kier molecular flexibility index (Phi) is 4.50. The number of nitrogens with zero attached hydrogens (tertiary/aromatic N) is 4. The summed E-state index contributed by atoms with van der Waals surface area (Å²) in [7, 11) is 0. The van der Waals surface area contributed by atoms with Crippen molar-refractivity contribution in [2.45, 2.75) is 37.0 Å². The Morgan fingerprint density at radius 1 is 0.968 bits per heavy atom. The Bertz CT molecular complexity index is 1230. The first-order chi connectivity index (χ1) is 15.3. The van der Waals surface area contributed by atoms with Crippen LogP contribution in [0.2, 0.25) is 0 Å². The summed E-state index contributed by atoms with van der Waals surface area (Å²) in [5.41, 5.74) is 2.84. The lowest BCUT2D eigenvalue weighted by Gasteiger charge is -2.30. The number of rotatable bonds is 4. The van der Waals surface area contributed by atoms with Gasteiger partial charge in [0.1, 0.15) is 6.07 Å². The molecule has 154 valence electrons. The van der Waals surface area contributed by atoms with Crippen molar-refractivity contribution < 1.29 is 4.42 Å². The minimum Gasteiger partial charge on any atom is -0.423 e. The number of hydrogen-bond acceptors (Lipinski definition) is 6. The number of piperidine rings is 1. The maximum absolute atomic E-state index is 9.65. The first kappa shape index (κ1) is 18.6. The third kappa shape index (κ3) is 3.39. The zero-order valence-corrected chi connectivity index (χ0v) is 17.9. The molecule has 0 bridgehead atoms.